The fourth-order valence-electron chi connectivity index (χ4n) is 1.21. The SMILES string of the molecule is C=CCN(CCO)C(=O)/C=C/c1cccs1. The van der Waals surface area contributed by atoms with Gasteiger partial charge in [0.15, 0.2) is 0 Å². The van der Waals surface area contributed by atoms with Crippen molar-refractivity contribution in [1.29, 1.82) is 0 Å². The molecule has 0 aliphatic rings. The van der Waals surface area contributed by atoms with Crippen LogP contribution in [-0.4, -0.2) is 35.6 Å². The lowest BCUT2D eigenvalue weighted by Gasteiger charge is -2.17. The second-order valence-electron chi connectivity index (χ2n) is 3.15. The van der Waals surface area contributed by atoms with E-state index in [0.717, 1.165) is 4.88 Å². The largest absolute Gasteiger partial charge is 0.395 e. The summed E-state index contributed by atoms with van der Waals surface area (Å²) < 4.78 is 0. The number of hydrogen-bond donors (Lipinski definition) is 1. The summed E-state index contributed by atoms with van der Waals surface area (Å²) in [6, 6.07) is 3.88. The Hall–Kier alpha value is -1.39. The molecule has 0 bridgehead atoms. The van der Waals surface area contributed by atoms with Gasteiger partial charge in [-0.2, -0.15) is 0 Å². The van der Waals surface area contributed by atoms with Crippen molar-refractivity contribution in [3.8, 4) is 0 Å². The van der Waals surface area contributed by atoms with Crippen molar-refractivity contribution in [2.75, 3.05) is 19.7 Å². The Balaban J connectivity index is 2.57. The zero-order chi connectivity index (χ0) is 11.8. The van der Waals surface area contributed by atoms with E-state index in [1.165, 1.54) is 11.0 Å². The minimum absolute atomic E-state index is 0.0353. The standard InChI is InChI=1S/C12H15NO2S/c1-2-7-13(8-9-14)12(15)6-5-11-4-3-10-16-11/h2-6,10,14H,1,7-9H2/b6-5+. The van der Waals surface area contributed by atoms with Gasteiger partial charge in [0.2, 0.25) is 5.91 Å². The van der Waals surface area contributed by atoms with Gasteiger partial charge in [0, 0.05) is 24.0 Å². The normalized spacial score (nSPS) is 10.6. The average Bonchev–Trinajstić information content (AvgIpc) is 2.78. The van der Waals surface area contributed by atoms with Gasteiger partial charge in [0.05, 0.1) is 6.61 Å². The summed E-state index contributed by atoms with van der Waals surface area (Å²) in [6.07, 6.45) is 4.94. The van der Waals surface area contributed by atoms with Crippen LogP contribution in [0.15, 0.2) is 36.2 Å². The molecule has 1 aromatic heterocycles. The first-order valence-electron chi connectivity index (χ1n) is 5.00. The van der Waals surface area contributed by atoms with Gasteiger partial charge >= 0.3 is 0 Å². The molecule has 0 aromatic carbocycles. The molecule has 0 aliphatic heterocycles. The Labute approximate surface area is 99.3 Å². The van der Waals surface area contributed by atoms with Gasteiger partial charge in [-0.1, -0.05) is 12.1 Å². The van der Waals surface area contributed by atoms with Gasteiger partial charge in [-0.15, -0.1) is 17.9 Å². The summed E-state index contributed by atoms with van der Waals surface area (Å²) >= 11 is 1.58. The molecule has 0 radical (unpaired) electrons. The van der Waals surface area contributed by atoms with Gasteiger partial charge in [-0.05, 0) is 17.5 Å². The van der Waals surface area contributed by atoms with Crippen LogP contribution in [0.4, 0.5) is 0 Å². The summed E-state index contributed by atoms with van der Waals surface area (Å²) in [5.41, 5.74) is 0. The number of carbonyl (C=O) groups is 1. The van der Waals surface area contributed by atoms with Gasteiger partial charge in [-0.25, -0.2) is 0 Å². The Morgan fingerprint density at radius 1 is 1.62 bits per heavy atom. The van der Waals surface area contributed by atoms with Crippen LogP contribution in [0.25, 0.3) is 6.08 Å². The highest BCUT2D eigenvalue weighted by atomic mass is 32.1. The number of aliphatic hydroxyl groups excluding tert-OH is 1. The van der Waals surface area contributed by atoms with E-state index in [1.807, 2.05) is 17.5 Å². The van der Waals surface area contributed by atoms with Crippen molar-refractivity contribution in [2.45, 2.75) is 0 Å². The van der Waals surface area contributed by atoms with Gasteiger partial charge in [0.25, 0.3) is 0 Å². The van der Waals surface area contributed by atoms with E-state index >= 15 is 0 Å². The van der Waals surface area contributed by atoms with Crippen LogP contribution in [0.1, 0.15) is 4.88 Å². The van der Waals surface area contributed by atoms with Crippen molar-refractivity contribution < 1.29 is 9.90 Å². The predicted octanol–water partition coefficient (Wildman–Crippen LogP) is 1.77. The zero-order valence-corrected chi connectivity index (χ0v) is 9.82. The molecule has 1 rings (SSSR count). The maximum Gasteiger partial charge on any atom is 0.246 e. The molecule has 0 saturated heterocycles. The number of hydrogen-bond acceptors (Lipinski definition) is 3. The van der Waals surface area contributed by atoms with Crippen LogP contribution < -0.4 is 0 Å². The van der Waals surface area contributed by atoms with Crippen LogP contribution in [-0.2, 0) is 4.79 Å². The van der Waals surface area contributed by atoms with Crippen LogP contribution in [0.2, 0.25) is 0 Å². The smallest absolute Gasteiger partial charge is 0.246 e. The molecule has 0 spiro atoms. The molecule has 4 heteroatoms. The maximum atomic E-state index is 11.7. The second kappa shape index (κ2) is 6.98. The second-order valence-corrected chi connectivity index (χ2v) is 4.12. The molecule has 16 heavy (non-hydrogen) atoms. The highest BCUT2D eigenvalue weighted by molar-refractivity contribution is 7.10. The van der Waals surface area contributed by atoms with E-state index in [0.29, 0.717) is 13.1 Å². The summed E-state index contributed by atoms with van der Waals surface area (Å²) in [4.78, 5) is 14.3. The van der Waals surface area contributed by atoms with E-state index < -0.39 is 0 Å². The molecule has 0 atom stereocenters. The minimum Gasteiger partial charge on any atom is -0.395 e. The van der Waals surface area contributed by atoms with E-state index in [9.17, 15) is 4.79 Å². The first kappa shape index (κ1) is 12.7. The number of aliphatic hydroxyl groups is 1. The van der Waals surface area contributed by atoms with Crippen molar-refractivity contribution in [1.82, 2.24) is 4.90 Å². The molecular formula is C12H15NO2S. The molecule has 1 amide bonds. The molecule has 3 nitrogen and oxygen atoms in total. The predicted molar refractivity (Wildman–Crippen MR) is 67.2 cm³/mol. The number of carbonyl (C=O) groups excluding carboxylic acids is 1. The molecule has 0 fully saturated rings. The fourth-order valence-corrected chi connectivity index (χ4v) is 1.83. The van der Waals surface area contributed by atoms with Crippen molar-refractivity contribution >= 4 is 23.3 Å². The Kier molecular flexibility index (Phi) is 5.53. The number of nitrogens with zero attached hydrogens (tertiary/aromatic N) is 1. The van der Waals surface area contributed by atoms with E-state index in [-0.39, 0.29) is 12.5 Å². The van der Waals surface area contributed by atoms with Gasteiger partial charge < -0.3 is 10.0 Å². The number of thiophene rings is 1. The van der Waals surface area contributed by atoms with E-state index in [1.54, 1.807) is 23.5 Å². The lowest BCUT2D eigenvalue weighted by Crippen LogP contribution is -2.32. The highest BCUT2D eigenvalue weighted by Crippen LogP contribution is 2.10. The molecule has 1 N–H and O–H groups in total. The van der Waals surface area contributed by atoms with Crippen molar-refractivity contribution in [2.24, 2.45) is 0 Å². The van der Waals surface area contributed by atoms with Gasteiger partial charge in [0.1, 0.15) is 0 Å². The van der Waals surface area contributed by atoms with Crippen molar-refractivity contribution in [3.05, 3.63) is 41.1 Å². The molecule has 0 aliphatic carbocycles. The molecule has 86 valence electrons. The lowest BCUT2D eigenvalue weighted by molar-refractivity contribution is -0.125. The van der Waals surface area contributed by atoms with E-state index in [2.05, 4.69) is 6.58 Å². The summed E-state index contributed by atoms with van der Waals surface area (Å²) in [6.45, 7) is 4.33. The number of rotatable bonds is 6. The van der Waals surface area contributed by atoms with Crippen LogP contribution in [0.3, 0.4) is 0 Å². The topological polar surface area (TPSA) is 40.5 Å². The zero-order valence-electron chi connectivity index (χ0n) is 9.00. The third kappa shape index (κ3) is 4.00. The van der Waals surface area contributed by atoms with Crippen molar-refractivity contribution in [3.63, 3.8) is 0 Å². The molecule has 0 saturated carbocycles. The Morgan fingerprint density at radius 3 is 3.00 bits per heavy atom. The molecule has 0 unspecified atom stereocenters. The van der Waals surface area contributed by atoms with Crippen LogP contribution in [0, 0.1) is 0 Å². The minimum atomic E-state index is -0.109. The molecule has 1 aromatic rings. The number of amides is 1. The van der Waals surface area contributed by atoms with Crippen LogP contribution in [0.5, 0.6) is 0 Å². The average molecular weight is 237 g/mol. The lowest BCUT2D eigenvalue weighted by atomic mass is 10.3. The maximum absolute atomic E-state index is 11.7. The third-order valence-corrected chi connectivity index (χ3v) is 2.80. The summed E-state index contributed by atoms with van der Waals surface area (Å²) in [5, 5.41) is 10.8. The molecular weight excluding hydrogens is 222 g/mol. The highest BCUT2D eigenvalue weighted by Gasteiger charge is 2.07. The fraction of sp³-hybridized carbons (Fsp3) is 0.250. The van der Waals surface area contributed by atoms with E-state index in [4.69, 9.17) is 5.11 Å². The third-order valence-electron chi connectivity index (χ3n) is 1.96. The van der Waals surface area contributed by atoms with Crippen LogP contribution >= 0.6 is 11.3 Å². The van der Waals surface area contributed by atoms with Gasteiger partial charge in [-0.3, -0.25) is 4.79 Å². The Morgan fingerprint density at radius 2 is 2.44 bits per heavy atom. The first-order valence-corrected chi connectivity index (χ1v) is 5.88. The first-order chi connectivity index (χ1) is 7.77. The monoisotopic (exact) mass is 237 g/mol. The summed E-state index contributed by atoms with van der Waals surface area (Å²) in [7, 11) is 0. The summed E-state index contributed by atoms with van der Waals surface area (Å²) in [5.74, 6) is -0.109. The quantitative estimate of drug-likeness (QED) is 0.605. The Bertz CT molecular complexity index is 357. The molecule has 1 heterocycles.